The van der Waals surface area contributed by atoms with Crippen molar-refractivity contribution in [2.75, 3.05) is 0 Å². The van der Waals surface area contributed by atoms with Gasteiger partial charge in [-0.25, -0.2) is 0 Å². The van der Waals surface area contributed by atoms with E-state index >= 15 is 0 Å². The summed E-state index contributed by atoms with van der Waals surface area (Å²) in [5.41, 5.74) is 0.173. The number of ketones is 1. The van der Waals surface area contributed by atoms with Crippen LogP contribution < -0.4 is 0 Å². The summed E-state index contributed by atoms with van der Waals surface area (Å²) in [6.07, 6.45) is 7.62. The smallest absolute Gasteiger partial charge is 0.144 e. The van der Waals surface area contributed by atoms with Gasteiger partial charge in [0.2, 0.25) is 0 Å². The normalized spacial score (nSPS) is 56.4. The summed E-state index contributed by atoms with van der Waals surface area (Å²) in [4.78, 5) is 13.2. The molecule has 4 aliphatic carbocycles. The van der Waals surface area contributed by atoms with Crippen molar-refractivity contribution < 1.29 is 9.90 Å². The Bertz CT molecular complexity index is 510. The molecule has 0 radical (unpaired) electrons. The third-order valence-electron chi connectivity index (χ3n) is 8.75. The largest absolute Gasteiger partial charge is 0.392 e. The van der Waals surface area contributed by atoms with E-state index in [4.69, 9.17) is 0 Å². The predicted molar refractivity (Wildman–Crippen MR) is 87.3 cm³/mol. The third kappa shape index (κ3) is 1.58. The Morgan fingerprint density at radius 3 is 2.55 bits per heavy atom. The maximum Gasteiger partial charge on any atom is 0.144 e. The van der Waals surface area contributed by atoms with Crippen LogP contribution in [0.15, 0.2) is 0 Å². The Labute approximate surface area is 135 Å². The van der Waals surface area contributed by atoms with Gasteiger partial charge in [-0.1, -0.05) is 34.1 Å². The highest BCUT2D eigenvalue weighted by atomic mass is 16.3. The van der Waals surface area contributed by atoms with Gasteiger partial charge in [0.1, 0.15) is 5.78 Å². The topological polar surface area (TPSA) is 37.3 Å². The molecule has 0 saturated heterocycles. The van der Waals surface area contributed by atoms with Crippen LogP contribution in [0.5, 0.6) is 0 Å². The van der Waals surface area contributed by atoms with Crippen LogP contribution in [-0.4, -0.2) is 17.0 Å². The minimum atomic E-state index is -0.395. The highest BCUT2D eigenvalue weighted by Gasteiger charge is 2.70. The fourth-order valence-corrected chi connectivity index (χ4v) is 7.71. The Kier molecular flexibility index (Phi) is 3.02. The Morgan fingerprint density at radius 2 is 1.82 bits per heavy atom. The van der Waals surface area contributed by atoms with E-state index in [-0.39, 0.29) is 16.7 Å². The number of aliphatic hydroxyl groups excluding tert-OH is 1. The lowest BCUT2D eigenvalue weighted by atomic mass is 9.40. The van der Waals surface area contributed by atoms with Crippen LogP contribution in [-0.2, 0) is 4.79 Å². The SMILES string of the molecule is C[C@H]1C(=O)[C@]23C[C@H]1CC[C@H]2[C@]1(C)CCCC(C)(C)[C@H]1C[C@H]3O. The number of hydrogen-bond acceptors (Lipinski definition) is 2. The maximum atomic E-state index is 13.2. The van der Waals surface area contributed by atoms with Crippen molar-refractivity contribution in [1.29, 1.82) is 0 Å². The second-order valence-electron chi connectivity index (χ2n) is 9.94. The highest BCUT2D eigenvalue weighted by molar-refractivity contribution is 5.91. The molecular weight excluding hydrogens is 272 g/mol. The summed E-state index contributed by atoms with van der Waals surface area (Å²) in [6.45, 7) is 9.37. The molecule has 1 N–H and O–H groups in total. The molecule has 22 heavy (non-hydrogen) atoms. The lowest BCUT2D eigenvalue weighted by Crippen LogP contribution is -2.63. The van der Waals surface area contributed by atoms with Crippen molar-refractivity contribution in [3.8, 4) is 0 Å². The summed E-state index contributed by atoms with van der Waals surface area (Å²) in [5, 5.41) is 11.1. The zero-order valence-corrected chi connectivity index (χ0v) is 14.7. The quantitative estimate of drug-likeness (QED) is 0.728. The molecule has 0 heterocycles. The average molecular weight is 304 g/mol. The van der Waals surface area contributed by atoms with E-state index in [9.17, 15) is 9.90 Å². The number of fused-ring (bicyclic) bond motifs is 3. The molecule has 7 atom stereocenters. The molecule has 4 fully saturated rings. The van der Waals surface area contributed by atoms with E-state index in [0.29, 0.717) is 29.0 Å². The molecule has 0 aliphatic heterocycles. The molecule has 2 nitrogen and oxygen atoms in total. The van der Waals surface area contributed by atoms with E-state index in [1.54, 1.807) is 0 Å². The lowest BCUT2D eigenvalue weighted by molar-refractivity contribution is -0.197. The second kappa shape index (κ2) is 4.37. The van der Waals surface area contributed by atoms with Gasteiger partial charge in [-0.2, -0.15) is 0 Å². The van der Waals surface area contributed by atoms with E-state index < -0.39 is 6.10 Å². The number of carbonyl (C=O) groups is 1. The molecule has 4 aliphatic rings. The van der Waals surface area contributed by atoms with Crippen LogP contribution in [0.4, 0.5) is 0 Å². The van der Waals surface area contributed by atoms with Crippen molar-refractivity contribution in [3.05, 3.63) is 0 Å². The number of hydrogen-bond donors (Lipinski definition) is 1. The van der Waals surface area contributed by atoms with Gasteiger partial charge in [0.05, 0.1) is 11.5 Å². The van der Waals surface area contributed by atoms with Gasteiger partial charge in [0.25, 0.3) is 0 Å². The molecule has 0 aromatic heterocycles. The monoisotopic (exact) mass is 304 g/mol. The van der Waals surface area contributed by atoms with Crippen LogP contribution in [0.1, 0.15) is 72.6 Å². The van der Waals surface area contributed by atoms with Crippen LogP contribution in [0.2, 0.25) is 0 Å². The Morgan fingerprint density at radius 1 is 1.09 bits per heavy atom. The third-order valence-corrected chi connectivity index (χ3v) is 8.75. The molecule has 0 unspecified atom stereocenters. The standard InChI is InChI=1S/C20H32O2/c1-12-13-6-7-14-19(4)9-5-8-18(2,3)15(19)10-16(21)20(14,11-13)17(12)22/h12-16,21H,5-11H2,1-4H3/t12-,13-,14+,15-,16-,19+,20-/m1/s1. The first-order chi connectivity index (χ1) is 10.2. The number of Topliss-reactive ketones (excluding diaryl/α,β-unsaturated/α-hetero) is 1. The average Bonchev–Trinajstić information content (AvgIpc) is 2.64. The van der Waals surface area contributed by atoms with Gasteiger partial charge in [-0.15, -0.1) is 0 Å². The molecule has 0 aromatic rings. The Hall–Kier alpha value is -0.370. The molecule has 2 bridgehead atoms. The van der Waals surface area contributed by atoms with Crippen LogP contribution in [0.25, 0.3) is 0 Å². The Balaban J connectivity index is 1.82. The minimum absolute atomic E-state index is 0.177. The van der Waals surface area contributed by atoms with Gasteiger partial charge in [0.15, 0.2) is 0 Å². The first-order valence-electron chi connectivity index (χ1n) is 9.46. The van der Waals surface area contributed by atoms with E-state index in [1.165, 1.54) is 32.1 Å². The molecule has 0 aromatic carbocycles. The molecule has 2 heteroatoms. The maximum absolute atomic E-state index is 13.2. The molecule has 4 rings (SSSR count). The highest BCUT2D eigenvalue weighted by Crippen LogP contribution is 2.71. The number of rotatable bonds is 0. The van der Waals surface area contributed by atoms with Crippen molar-refractivity contribution in [1.82, 2.24) is 0 Å². The van der Waals surface area contributed by atoms with Crippen molar-refractivity contribution >= 4 is 5.78 Å². The van der Waals surface area contributed by atoms with Gasteiger partial charge in [0, 0.05) is 5.92 Å². The fourth-order valence-electron chi connectivity index (χ4n) is 7.71. The van der Waals surface area contributed by atoms with E-state index in [2.05, 4.69) is 27.7 Å². The minimum Gasteiger partial charge on any atom is -0.392 e. The van der Waals surface area contributed by atoms with E-state index in [1.807, 2.05) is 0 Å². The van der Waals surface area contributed by atoms with Gasteiger partial charge < -0.3 is 5.11 Å². The summed E-state index contributed by atoms with van der Waals surface area (Å²) < 4.78 is 0. The van der Waals surface area contributed by atoms with Gasteiger partial charge >= 0.3 is 0 Å². The second-order valence-corrected chi connectivity index (χ2v) is 9.94. The van der Waals surface area contributed by atoms with Crippen LogP contribution in [0, 0.1) is 39.9 Å². The zero-order valence-electron chi connectivity index (χ0n) is 14.7. The van der Waals surface area contributed by atoms with Gasteiger partial charge in [-0.3, -0.25) is 4.79 Å². The first-order valence-corrected chi connectivity index (χ1v) is 9.46. The zero-order chi connectivity index (χ0) is 15.9. The first kappa shape index (κ1) is 15.2. The fraction of sp³-hybridized carbons (Fsp3) is 0.950. The van der Waals surface area contributed by atoms with Crippen LogP contribution >= 0.6 is 0 Å². The summed E-state index contributed by atoms with van der Waals surface area (Å²) in [6, 6.07) is 0. The molecule has 1 spiro atoms. The number of carbonyl (C=O) groups excluding carboxylic acids is 1. The summed E-state index contributed by atoms with van der Waals surface area (Å²) >= 11 is 0. The summed E-state index contributed by atoms with van der Waals surface area (Å²) in [7, 11) is 0. The predicted octanol–water partition coefficient (Wildman–Crippen LogP) is 4.21. The molecule has 124 valence electrons. The van der Waals surface area contributed by atoms with Crippen molar-refractivity contribution in [2.45, 2.75) is 78.7 Å². The molecular formula is C20H32O2. The van der Waals surface area contributed by atoms with Crippen molar-refractivity contribution in [3.63, 3.8) is 0 Å². The van der Waals surface area contributed by atoms with Crippen molar-refractivity contribution in [2.24, 2.45) is 39.9 Å². The molecule has 0 amide bonds. The summed E-state index contributed by atoms with van der Waals surface area (Å²) in [5.74, 6) is 2.11. The number of aliphatic hydroxyl groups is 1. The van der Waals surface area contributed by atoms with Crippen LogP contribution in [0.3, 0.4) is 0 Å². The van der Waals surface area contributed by atoms with Gasteiger partial charge in [-0.05, 0) is 67.1 Å². The molecule has 4 saturated carbocycles. The van der Waals surface area contributed by atoms with E-state index in [0.717, 1.165) is 12.8 Å². The lowest BCUT2D eigenvalue weighted by Gasteiger charge is -2.64.